The van der Waals surface area contributed by atoms with Crippen molar-refractivity contribution in [1.29, 1.82) is 0 Å². The Morgan fingerprint density at radius 1 is 1.12 bits per heavy atom. The van der Waals surface area contributed by atoms with Crippen LogP contribution in [0, 0.1) is 0 Å². The Bertz CT molecular complexity index is 1060. The van der Waals surface area contributed by atoms with E-state index < -0.39 is 15.9 Å². The minimum absolute atomic E-state index is 0.0138. The van der Waals surface area contributed by atoms with Gasteiger partial charge in [0.05, 0.1) is 4.90 Å². The average Bonchev–Trinajstić information content (AvgIpc) is 2.92. The van der Waals surface area contributed by atoms with Gasteiger partial charge >= 0.3 is 6.03 Å². The summed E-state index contributed by atoms with van der Waals surface area (Å²) in [4.78, 5) is 15.2. The van der Waals surface area contributed by atoms with E-state index in [0.29, 0.717) is 15.9 Å². The summed E-state index contributed by atoms with van der Waals surface area (Å²) >= 11 is 6.06. The maximum atomic E-state index is 13.2. The van der Waals surface area contributed by atoms with E-state index >= 15 is 0 Å². The van der Waals surface area contributed by atoms with E-state index in [9.17, 15) is 13.2 Å². The molecule has 136 valence electrons. The van der Waals surface area contributed by atoms with Gasteiger partial charge in [0, 0.05) is 22.0 Å². The summed E-state index contributed by atoms with van der Waals surface area (Å²) in [5, 5.41) is 6.09. The molecule has 2 aromatic carbocycles. The van der Waals surface area contributed by atoms with Crippen LogP contribution in [-0.4, -0.2) is 25.5 Å². The van der Waals surface area contributed by atoms with Crippen LogP contribution in [0.15, 0.2) is 58.3 Å². The topological polar surface area (TPSA) is 91.1 Å². The van der Waals surface area contributed by atoms with E-state index in [-0.39, 0.29) is 21.7 Å². The quantitative estimate of drug-likeness (QED) is 0.622. The summed E-state index contributed by atoms with van der Waals surface area (Å²) in [7, 11) is -3.88. The molecule has 0 aliphatic rings. The minimum atomic E-state index is -3.88. The van der Waals surface area contributed by atoms with Gasteiger partial charge in [-0.15, -0.1) is 0 Å². The van der Waals surface area contributed by atoms with Gasteiger partial charge in [0.25, 0.3) is 0 Å². The Hall–Kier alpha value is -2.51. The number of H-pyrrole nitrogens is 1. The number of anilines is 1. The summed E-state index contributed by atoms with van der Waals surface area (Å²) in [5.74, 6) is 0.101. The van der Waals surface area contributed by atoms with Gasteiger partial charge < -0.3 is 10.3 Å². The van der Waals surface area contributed by atoms with Crippen molar-refractivity contribution in [2.75, 3.05) is 5.32 Å². The summed E-state index contributed by atoms with van der Waals surface area (Å²) in [6.07, 6.45) is 0. The van der Waals surface area contributed by atoms with Crippen LogP contribution in [0.25, 0.3) is 10.9 Å². The largest absolute Gasteiger partial charge is 0.340 e. The molecule has 3 rings (SSSR count). The maximum Gasteiger partial charge on any atom is 0.320 e. The molecule has 26 heavy (non-hydrogen) atoms. The van der Waals surface area contributed by atoms with Crippen molar-refractivity contribution in [3.8, 4) is 0 Å². The third kappa shape index (κ3) is 3.54. The van der Waals surface area contributed by atoms with E-state index in [0.717, 1.165) is 0 Å². The minimum Gasteiger partial charge on any atom is -0.340 e. The lowest BCUT2D eigenvalue weighted by atomic mass is 10.2. The molecule has 0 fully saturated rings. The molecular formula is C18H18ClN3O3S. The highest BCUT2D eigenvalue weighted by Crippen LogP contribution is 2.36. The van der Waals surface area contributed by atoms with E-state index in [1.807, 2.05) is 13.8 Å². The molecule has 0 unspecified atom stereocenters. The average molecular weight is 392 g/mol. The summed E-state index contributed by atoms with van der Waals surface area (Å²) in [6.45, 7) is 3.62. The third-order valence-electron chi connectivity index (χ3n) is 3.69. The van der Waals surface area contributed by atoms with Crippen LogP contribution < -0.4 is 10.6 Å². The third-order valence-corrected chi connectivity index (χ3v) is 5.78. The van der Waals surface area contributed by atoms with Gasteiger partial charge in [-0.05, 0) is 44.2 Å². The predicted molar refractivity (Wildman–Crippen MR) is 102 cm³/mol. The fourth-order valence-corrected chi connectivity index (χ4v) is 4.39. The predicted octanol–water partition coefficient (Wildman–Crippen LogP) is 4.18. The van der Waals surface area contributed by atoms with Crippen molar-refractivity contribution in [1.82, 2.24) is 10.3 Å². The van der Waals surface area contributed by atoms with E-state index in [1.165, 1.54) is 12.1 Å². The number of hydrogen-bond acceptors (Lipinski definition) is 3. The lowest BCUT2D eigenvalue weighted by molar-refractivity contribution is 0.250. The number of carbonyl (C=O) groups excluding carboxylic acids is 1. The van der Waals surface area contributed by atoms with Crippen LogP contribution >= 0.6 is 11.6 Å². The molecule has 6 nitrogen and oxygen atoms in total. The van der Waals surface area contributed by atoms with Crippen LogP contribution in [0.4, 0.5) is 10.6 Å². The fourth-order valence-electron chi connectivity index (χ4n) is 2.64. The molecule has 0 spiro atoms. The van der Waals surface area contributed by atoms with Crippen molar-refractivity contribution < 1.29 is 13.2 Å². The summed E-state index contributed by atoms with van der Waals surface area (Å²) in [6, 6.07) is 12.3. The number of aromatic nitrogens is 1. The lowest BCUT2D eigenvalue weighted by Crippen LogP contribution is -2.34. The number of nitrogens with one attached hydrogen (secondary N) is 3. The van der Waals surface area contributed by atoms with Crippen LogP contribution in [0.1, 0.15) is 13.8 Å². The molecule has 0 saturated heterocycles. The molecule has 2 amide bonds. The van der Waals surface area contributed by atoms with Gasteiger partial charge in [-0.2, -0.15) is 0 Å². The van der Waals surface area contributed by atoms with E-state index in [2.05, 4.69) is 15.6 Å². The second-order valence-corrected chi connectivity index (χ2v) is 8.41. The highest BCUT2D eigenvalue weighted by molar-refractivity contribution is 7.92. The van der Waals surface area contributed by atoms with Crippen molar-refractivity contribution in [2.24, 2.45) is 0 Å². The molecule has 0 atom stereocenters. The Morgan fingerprint density at radius 3 is 2.46 bits per heavy atom. The molecule has 3 N–H and O–H groups in total. The first-order valence-corrected chi connectivity index (χ1v) is 9.84. The van der Waals surface area contributed by atoms with Crippen LogP contribution in [0.2, 0.25) is 5.02 Å². The number of amides is 2. The number of urea groups is 1. The Kier molecular flexibility index (Phi) is 4.93. The number of aromatic amines is 1. The highest BCUT2D eigenvalue weighted by atomic mass is 35.5. The monoisotopic (exact) mass is 391 g/mol. The molecule has 8 heteroatoms. The molecule has 0 aliphatic carbocycles. The number of halogens is 1. The molecule has 1 heterocycles. The van der Waals surface area contributed by atoms with Crippen molar-refractivity contribution in [3.63, 3.8) is 0 Å². The van der Waals surface area contributed by atoms with Gasteiger partial charge in [0.15, 0.2) is 0 Å². The molecule has 3 aromatic rings. The fraction of sp³-hybridized carbons (Fsp3) is 0.167. The second-order valence-electron chi connectivity index (χ2n) is 6.09. The molecule has 1 aromatic heterocycles. The standard InChI is InChI=1S/C18H18ClN3O3S/c1-11(2)20-18(23)22-17-16(14-10-12(19)8-9-15(14)21-17)26(24,25)13-6-4-3-5-7-13/h3-11,21H,1-2H3,(H2,20,22,23). The van der Waals surface area contributed by atoms with Crippen molar-refractivity contribution >= 4 is 44.2 Å². The van der Waals surface area contributed by atoms with Crippen molar-refractivity contribution in [3.05, 3.63) is 53.6 Å². The highest BCUT2D eigenvalue weighted by Gasteiger charge is 2.27. The first kappa shape index (κ1) is 18.3. The lowest BCUT2D eigenvalue weighted by Gasteiger charge is -2.11. The van der Waals surface area contributed by atoms with Gasteiger partial charge in [-0.25, -0.2) is 13.2 Å². The summed E-state index contributed by atoms with van der Waals surface area (Å²) in [5.41, 5.74) is 0.559. The smallest absolute Gasteiger partial charge is 0.320 e. The zero-order chi connectivity index (χ0) is 18.9. The van der Waals surface area contributed by atoms with Gasteiger partial charge in [-0.1, -0.05) is 29.8 Å². The number of carbonyl (C=O) groups is 1. The van der Waals surface area contributed by atoms with Crippen LogP contribution in [0.5, 0.6) is 0 Å². The Balaban J connectivity index is 2.20. The number of rotatable bonds is 4. The molecule has 0 saturated carbocycles. The number of hydrogen-bond donors (Lipinski definition) is 3. The molecule has 0 aliphatic heterocycles. The zero-order valence-corrected chi connectivity index (χ0v) is 15.8. The second kappa shape index (κ2) is 7.01. The van der Waals surface area contributed by atoms with E-state index in [1.54, 1.807) is 36.4 Å². The molecular weight excluding hydrogens is 374 g/mol. The van der Waals surface area contributed by atoms with Gasteiger partial charge in [0.2, 0.25) is 9.84 Å². The van der Waals surface area contributed by atoms with Gasteiger partial charge in [-0.3, -0.25) is 5.32 Å². The summed E-state index contributed by atoms with van der Waals surface area (Å²) < 4.78 is 26.4. The number of benzene rings is 2. The van der Waals surface area contributed by atoms with Crippen LogP contribution in [-0.2, 0) is 9.84 Å². The first-order chi connectivity index (χ1) is 12.3. The number of sulfone groups is 1. The number of fused-ring (bicyclic) bond motifs is 1. The van der Waals surface area contributed by atoms with Gasteiger partial charge in [0.1, 0.15) is 10.7 Å². The molecule has 0 bridgehead atoms. The Labute approximate surface area is 156 Å². The normalized spacial score (nSPS) is 11.7. The maximum absolute atomic E-state index is 13.2. The zero-order valence-electron chi connectivity index (χ0n) is 14.2. The molecule has 0 radical (unpaired) electrons. The van der Waals surface area contributed by atoms with E-state index in [4.69, 9.17) is 11.6 Å². The first-order valence-electron chi connectivity index (χ1n) is 7.98. The van der Waals surface area contributed by atoms with Crippen LogP contribution in [0.3, 0.4) is 0 Å². The van der Waals surface area contributed by atoms with Crippen molar-refractivity contribution in [2.45, 2.75) is 29.7 Å². The Morgan fingerprint density at radius 2 is 1.81 bits per heavy atom. The SMILES string of the molecule is CC(C)NC(=O)Nc1[nH]c2ccc(Cl)cc2c1S(=O)(=O)c1ccccc1.